The lowest BCUT2D eigenvalue weighted by Crippen LogP contribution is -2.41. The molecule has 2 amide bonds. The van der Waals surface area contributed by atoms with Crippen LogP contribution < -0.4 is 0 Å². The van der Waals surface area contributed by atoms with Gasteiger partial charge in [-0.2, -0.15) is 10.1 Å². The quantitative estimate of drug-likeness (QED) is 0.514. The topological polar surface area (TPSA) is 62.9 Å². The van der Waals surface area contributed by atoms with Crippen LogP contribution in [0.15, 0.2) is 76.4 Å². The molecule has 1 aromatic heterocycles. The number of hydrogen-bond donors (Lipinski definition) is 0. The Morgan fingerprint density at radius 1 is 0.750 bits per heavy atom. The maximum atomic E-state index is 13.3. The van der Waals surface area contributed by atoms with Gasteiger partial charge in [-0.05, 0) is 34.4 Å². The predicted octanol–water partition coefficient (Wildman–Crippen LogP) is 3.51. The molecule has 0 saturated carbocycles. The largest absolute Gasteiger partial charge is 0.463 e. The second-order valence-electron chi connectivity index (χ2n) is 7.51. The van der Waals surface area contributed by atoms with Crippen LogP contribution in [-0.2, 0) is 9.59 Å². The summed E-state index contributed by atoms with van der Waals surface area (Å²) in [7, 11) is 0. The van der Waals surface area contributed by atoms with Crippen LogP contribution >= 0.6 is 0 Å². The van der Waals surface area contributed by atoms with Crippen molar-refractivity contribution in [3.63, 3.8) is 0 Å². The first-order chi connectivity index (χ1) is 13.8. The molecule has 1 saturated heterocycles. The Morgan fingerprint density at radius 2 is 1.25 bits per heavy atom. The summed E-state index contributed by atoms with van der Waals surface area (Å²) in [4.78, 5) is 26.6. The van der Waals surface area contributed by atoms with Gasteiger partial charge in [-0.25, -0.2) is 0 Å². The third-order valence-corrected chi connectivity index (χ3v) is 6.27. The molecule has 0 radical (unpaired) electrons. The van der Waals surface area contributed by atoms with Gasteiger partial charge in [0.15, 0.2) is 0 Å². The van der Waals surface area contributed by atoms with Gasteiger partial charge in [-0.15, -0.1) is 0 Å². The number of furan rings is 1. The lowest BCUT2D eigenvalue weighted by molar-refractivity contribution is -0.139. The van der Waals surface area contributed by atoms with E-state index in [1.54, 1.807) is 12.1 Å². The Hall–Kier alpha value is -3.47. The predicted molar refractivity (Wildman–Crippen MR) is 102 cm³/mol. The van der Waals surface area contributed by atoms with Crippen molar-refractivity contribution in [3.8, 4) is 0 Å². The molecule has 0 spiro atoms. The van der Waals surface area contributed by atoms with Crippen LogP contribution in [0.1, 0.15) is 39.8 Å². The first-order valence-electron chi connectivity index (χ1n) is 9.38. The van der Waals surface area contributed by atoms with Crippen LogP contribution in [0.5, 0.6) is 0 Å². The van der Waals surface area contributed by atoms with E-state index in [-0.39, 0.29) is 23.7 Å². The van der Waals surface area contributed by atoms with Crippen molar-refractivity contribution in [2.24, 2.45) is 16.9 Å². The maximum Gasteiger partial charge on any atom is 0.254 e. The highest BCUT2D eigenvalue weighted by molar-refractivity contribution is 6.08. The number of imide groups is 1. The van der Waals surface area contributed by atoms with Crippen molar-refractivity contribution in [2.45, 2.75) is 11.8 Å². The summed E-state index contributed by atoms with van der Waals surface area (Å²) in [6, 6.07) is 19.8. The minimum Gasteiger partial charge on any atom is -0.463 e. The van der Waals surface area contributed by atoms with Gasteiger partial charge in [-0.3, -0.25) is 9.59 Å². The lowest BCUT2D eigenvalue weighted by Gasteiger charge is -2.45. The monoisotopic (exact) mass is 368 g/mol. The second-order valence-corrected chi connectivity index (χ2v) is 7.51. The zero-order chi connectivity index (χ0) is 18.8. The molecule has 28 heavy (non-hydrogen) atoms. The van der Waals surface area contributed by atoms with Gasteiger partial charge < -0.3 is 4.42 Å². The normalized spacial score (nSPS) is 27.2. The van der Waals surface area contributed by atoms with Crippen LogP contribution in [0.2, 0.25) is 0 Å². The molecule has 5 heteroatoms. The summed E-state index contributed by atoms with van der Waals surface area (Å²) < 4.78 is 5.24. The van der Waals surface area contributed by atoms with Gasteiger partial charge >= 0.3 is 0 Å². The summed E-state index contributed by atoms with van der Waals surface area (Å²) in [5.41, 5.74) is 4.63. The Balaban J connectivity index is 1.50. The van der Waals surface area contributed by atoms with Crippen molar-refractivity contribution < 1.29 is 14.0 Å². The van der Waals surface area contributed by atoms with Gasteiger partial charge in [-0.1, -0.05) is 48.5 Å². The van der Waals surface area contributed by atoms with Crippen molar-refractivity contribution in [2.75, 3.05) is 0 Å². The van der Waals surface area contributed by atoms with Gasteiger partial charge in [0.2, 0.25) is 0 Å². The van der Waals surface area contributed by atoms with E-state index in [4.69, 9.17) is 4.42 Å². The number of nitrogens with zero attached hydrogens (tertiary/aromatic N) is 2. The first kappa shape index (κ1) is 15.6. The Bertz CT molecular complexity index is 1030. The first-order valence-corrected chi connectivity index (χ1v) is 9.38. The molecule has 2 heterocycles. The fraction of sp³-hybridized carbons (Fsp3) is 0.174. The molecule has 136 valence electrons. The number of rotatable bonds is 2. The minimum atomic E-state index is -0.406. The number of carbonyl (C=O) groups excluding carboxylic acids is 2. The zero-order valence-corrected chi connectivity index (χ0v) is 14.9. The van der Waals surface area contributed by atoms with Gasteiger partial charge in [0.25, 0.3) is 11.8 Å². The van der Waals surface area contributed by atoms with E-state index in [1.165, 1.54) is 12.5 Å². The van der Waals surface area contributed by atoms with Crippen LogP contribution in [-0.4, -0.2) is 23.0 Å². The standard InChI is InChI=1S/C23H16N2O3/c26-22-20-18-14-7-1-2-8-15(14)19(17-10-4-3-9-16(17)18)21(20)23(27)25(22)24-12-13-6-5-11-28-13/h1-12,18-21H. The molecular weight excluding hydrogens is 352 g/mol. The highest BCUT2D eigenvalue weighted by Crippen LogP contribution is 2.60. The molecule has 2 atom stereocenters. The Kier molecular flexibility index (Phi) is 3.07. The average Bonchev–Trinajstić information content (AvgIpc) is 3.34. The summed E-state index contributed by atoms with van der Waals surface area (Å²) in [6.45, 7) is 0. The Labute approximate surface area is 161 Å². The molecule has 5 nitrogen and oxygen atoms in total. The molecule has 2 aromatic carbocycles. The van der Waals surface area contributed by atoms with E-state index >= 15 is 0 Å². The molecule has 3 aromatic rings. The summed E-state index contributed by atoms with van der Waals surface area (Å²) in [5.74, 6) is -0.976. The van der Waals surface area contributed by atoms with E-state index in [9.17, 15) is 9.59 Å². The van der Waals surface area contributed by atoms with Crippen molar-refractivity contribution in [3.05, 3.63) is 94.9 Å². The highest BCUT2D eigenvalue weighted by Gasteiger charge is 2.61. The van der Waals surface area contributed by atoms with E-state index in [2.05, 4.69) is 29.4 Å². The molecule has 0 N–H and O–H groups in total. The van der Waals surface area contributed by atoms with Crippen LogP contribution in [0.3, 0.4) is 0 Å². The number of carbonyl (C=O) groups is 2. The van der Waals surface area contributed by atoms with Crippen LogP contribution in [0.25, 0.3) is 0 Å². The highest BCUT2D eigenvalue weighted by atomic mass is 16.3. The average molecular weight is 368 g/mol. The maximum absolute atomic E-state index is 13.3. The van der Waals surface area contributed by atoms with Crippen LogP contribution in [0, 0.1) is 11.8 Å². The number of hydrazone groups is 1. The molecule has 1 aliphatic heterocycles. The SMILES string of the molecule is O=C1C2C3c4ccccc4C(c4ccccc43)C2C(=O)N1N=Cc1ccco1. The van der Waals surface area contributed by atoms with Crippen molar-refractivity contribution in [1.29, 1.82) is 0 Å². The van der Waals surface area contributed by atoms with Crippen LogP contribution in [0.4, 0.5) is 0 Å². The van der Waals surface area contributed by atoms with Gasteiger partial charge in [0.1, 0.15) is 5.76 Å². The summed E-state index contributed by atoms with van der Waals surface area (Å²) >= 11 is 0. The Morgan fingerprint density at radius 3 is 1.68 bits per heavy atom. The molecule has 7 rings (SSSR count). The van der Waals surface area contributed by atoms with E-state index in [1.807, 2.05) is 24.3 Å². The molecular formula is C23H16N2O3. The fourth-order valence-electron chi connectivity index (χ4n) is 5.25. The van der Waals surface area contributed by atoms with Crippen molar-refractivity contribution >= 4 is 18.0 Å². The fourth-order valence-corrected chi connectivity index (χ4v) is 5.25. The molecule has 1 fully saturated rings. The molecule has 3 aliphatic carbocycles. The minimum absolute atomic E-state index is 0.109. The second kappa shape index (κ2) is 5.52. The van der Waals surface area contributed by atoms with E-state index in [0.29, 0.717) is 5.76 Å². The molecule has 2 bridgehead atoms. The third-order valence-electron chi connectivity index (χ3n) is 6.27. The lowest BCUT2D eigenvalue weighted by atomic mass is 9.55. The zero-order valence-electron chi connectivity index (χ0n) is 14.9. The van der Waals surface area contributed by atoms with Crippen molar-refractivity contribution in [1.82, 2.24) is 5.01 Å². The number of amides is 2. The molecule has 2 unspecified atom stereocenters. The number of hydrogen-bond acceptors (Lipinski definition) is 4. The van der Waals surface area contributed by atoms with Gasteiger partial charge in [0.05, 0.1) is 24.3 Å². The summed E-state index contributed by atoms with van der Waals surface area (Å²) in [6.07, 6.45) is 2.96. The third kappa shape index (κ3) is 1.88. The number of benzene rings is 2. The summed E-state index contributed by atoms with van der Waals surface area (Å²) in [5, 5.41) is 5.24. The van der Waals surface area contributed by atoms with E-state index < -0.39 is 11.8 Å². The van der Waals surface area contributed by atoms with Gasteiger partial charge in [0, 0.05) is 11.8 Å². The van der Waals surface area contributed by atoms with E-state index in [0.717, 1.165) is 27.3 Å². The molecule has 4 aliphatic rings. The smallest absolute Gasteiger partial charge is 0.254 e.